The van der Waals surface area contributed by atoms with Crippen molar-refractivity contribution in [3.63, 3.8) is 0 Å². The number of hydrogen-bond donors (Lipinski definition) is 2. The first kappa shape index (κ1) is 13.5. The van der Waals surface area contributed by atoms with Gasteiger partial charge in [-0.1, -0.05) is 0 Å². The Hall–Kier alpha value is -0.950. The van der Waals surface area contributed by atoms with Gasteiger partial charge in [0.1, 0.15) is 6.04 Å². The summed E-state index contributed by atoms with van der Waals surface area (Å²) in [4.78, 5) is 26.6. The number of carbonyl (C=O) groups excluding carboxylic acids is 1. The van der Waals surface area contributed by atoms with E-state index in [2.05, 4.69) is 5.32 Å². The highest BCUT2D eigenvalue weighted by Crippen LogP contribution is 2.23. The minimum Gasteiger partial charge on any atom is -0.480 e. The molecule has 2 fully saturated rings. The van der Waals surface area contributed by atoms with Gasteiger partial charge in [0.25, 0.3) is 0 Å². The Kier molecular flexibility index (Phi) is 4.34. The molecule has 7 heteroatoms. The number of carbonyl (C=O) groups is 2. The summed E-state index contributed by atoms with van der Waals surface area (Å²) in [5, 5.41) is 12.3. The van der Waals surface area contributed by atoms with Crippen molar-refractivity contribution in [3.05, 3.63) is 0 Å². The first-order chi connectivity index (χ1) is 8.61. The second kappa shape index (κ2) is 5.79. The fourth-order valence-electron chi connectivity index (χ4n) is 2.39. The number of thioether (sulfide) groups is 1. The van der Waals surface area contributed by atoms with E-state index in [1.165, 1.54) is 16.7 Å². The van der Waals surface area contributed by atoms with Gasteiger partial charge in [0, 0.05) is 18.8 Å². The minimum atomic E-state index is -0.910. The number of urea groups is 1. The summed E-state index contributed by atoms with van der Waals surface area (Å²) >= 11 is 1.50. The van der Waals surface area contributed by atoms with Crippen LogP contribution in [0.5, 0.6) is 0 Å². The SMILES string of the molecule is CN(C(=O)N1CSCC1C(=O)O)C1CCNCC1. The Balaban J connectivity index is 1.99. The van der Waals surface area contributed by atoms with Gasteiger partial charge in [-0.25, -0.2) is 9.59 Å². The van der Waals surface area contributed by atoms with Crippen LogP contribution >= 0.6 is 11.8 Å². The molecule has 102 valence electrons. The molecule has 0 saturated carbocycles. The maximum absolute atomic E-state index is 12.3. The lowest BCUT2D eigenvalue weighted by Crippen LogP contribution is -2.52. The van der Waals surface area contributed by atoms with Gasteiger partial charge < -0.3 is 20.2 Å². The molecule has 1 unspecified atom stereocenters. The molecule has 0 aliphatic carbocycles. The fourth-order valence-corrected chi connectivity index (χ4v) is 3.53. The predicted molar refractivity (Wildman–Crippen MR) is 69.6 cm³/mol. The molecule has 6 nitrogen and oxygen atoms in total. The Morgan fingerprint density at radius 3 is 2.67 bits per heavy atom. The van der Waals surface area contributed by atoms with Crippen LogP contribution < -0.4 is 5.32 Å². The molecule has 0 aromatic rings. The summed E-state index contributed by atoms with van der Waals surface area (Å²) in [5.74, 6) is 0.0544. The van der Waals surface area contributed by atoms with Gasteiger partial charge >= 0.3 is 12.0 Å². The molecule has 2 saturated heterocycles. The molecule has 1 atom stereocenters. The number of nitrogens with zero attached hydrogens (tertiary/aromatic N) is 2. The average Bonchev–Trinajstić information content (AvgIpc) is 2.87. The molecule has 2 rings (SSSR count). The molecule has 2 aliphatic rings. The fraction of sp³-hybridized carbons (Fsp3) is 0.818. The molecule has 2 N–H and O–H groups in total. The van der Waals surface area contributed by atoms with Gasteiger partial charge in [-0.15, -0.1) is 11.8 Å². The third kappa shape index (κ3) is 2.72. The predicted octanol–water partition coefficient (Wildman–Crippen LogP) is 0.250. The molecule has 2 amide bonds. The number of nitrogens with one attached hydrogen (secondary N) is 1. The minimum absolute atomic E-state index is 0.153. The van der Waals surface area contributed by atoms with Crippen LogP contribution in [0.2, 0.25) is 0 Å². The summed E-state index contributed by atoms with van der Waals surface area (Å²) < 4.78 is 0. The Labute approximate surface area is 111 Å². The summed E-state index contributed by atoms with van der Waals surface area (Å²) in [6, 6.07) is -0.607. The first-order valence-electron chi connectivity index (χ1n) is 6.16. The number of carboxylic acid groups (broad SMARTS) is 1. The average molecular weight is 273 g/mol. The summed E-state index contributed by atoms with van der Waals surface area (Å²) in [6.45, 7) is 1.83. The Morgan fingerprint density at radius 2 is 2.06 bits per heavy atom. The maximum Gasteiger partial charge on any atom is 0.327 e. The van der Waals surface area contributed by atoms with Gasteiger partial charge in [0.15, 0.2) is 0 Å². The zero-order valence-corrected chi connectivity index (χ0v) is 11.3. The normalized spacial score (nSPS) is 25.2. The van der Waals surface area contributed by atoms with Crippen molar-refractivity contribution in [1.29, 1.82) is 0 Å². The number of rotatable bonds is 2. The Bertz CT molecular complexity index is 333. The number of amides is 2. The number of hydrogen-bond acceptors (Lipinski definition) is 4. The van der Waals surface area contributed by atoms with Crippen LogP contribution in [0.25, 0.3) is 0 Å². The quantitative estimate of drug-likeness (QED) is 0.754. The van der Waals surface area contributed by atoms with E-state index in [0.29, 0.717) is 11.6 Å². The monoisotopic (exact) mass is 273 g/mol. The van der Waals surface area contributed by atoms with E-state index in [4.69, 9.17) is 5.11 Å². The molecule has 18 heavy (non-hydrogen) atoms. The molecule has 0 aromatic carbocycles. The molecular weight excluding hydrogens is 254 g/mol. The van der Waals surface area contributed by atoms with Gasteiger partial charge in [-0.3, -0.25) is 0 Å². The van der Waals surface area contributed by atoms with Gasteiger partial charge in [0.2, 0.25) is 0 Å². The highest BCUT2D eigenvalue weighted by molar-refractivity contribution is 7.99. The van der Waals surface area contributed by atoms with Crippen molar-refractivity contribution in [1.82, 2.24) is 15.1 Å². The van der Waals surface area contributed by atoms with Crippen LogP contribution in [0.4, 0.5) is 4.79 Å². The van der Waals surface area contributed by atoms with Crippen molar-refractivity contribution in [3.8, 4) is 0 Å². The lowest BCUT2D eigenvalue weighted by Gasteiger charge is -2.35. The van der Waals surface area contributed by atoms with Crippen LogP contribution in [-0.2, 0) is 4.79 Å². The van der Waals surface area contributed by atoms with Crippen LogP contribution in [-0.4, -0.2) is 70.8 Å². The van der Waals surface area contributed by atoms with Crippen LogP contribution in [0, 0.1) is 0 Å². The van der Waals surface area contributed by atoms with Gasteiger partial charge in [0.05, 0.1) is 5.88 Å². The highest BCUT2D eigenvalue weighted by Gasteiger charge is 2.37. The Morgan fingerprint density at radius 1 is 1.39 bits per heavy atom. The zero-order chi connectivity index (χ0) is 13.1. The molecule has 0 radical (unpaired) electrons. The molecule has 2 heterocycles. The number of piperidine rings is 1. The van der Waals surface area contributed by atoms with Crippen molar-refractivity contribution in [2.24, 2.45) is 0 Å². The van der Waals surface area contributed by atoms with Gasteiger partial charge in [-0.2, -0.15) is 0 Å². The van der Waals surface area contributed by atoms with E-state index in [9.17, 15) is 9.59 Å². The molecule has 0 spiro atoms. The summed E-state index contributed by atoms with van der Waals surface area (Å²) in [6.07, 6.45) is 1.86. The van der Waals surface area contributed by atoms with Crippen molar-refractivity contribution in [2.75, 3.05) is 31.8 Å². The summed E-state index contributed by atoms with van der Waals surface area (Å²) in [7, 11) is 1.78. The van der Waals surface area contributed by atoms with Crippen LogP contribution in [0.15, 0.2) is 0 Å². The van der Waals surface area contributed by atoms with Crippen molar-refractivity contribution in [2.45, 2.75) is 24.9 Å². The van der Waals surface area contributed by atoms with Crippen LogP contribution in [0.1, 0.15) is 12.8 Å². The van der Waals surface area contributed by atoms with Gasteiger partial charge in [-0.05, 0) is 25.9 Å². The summed E-state index contributed by atoms with van der Waals surface area (Å²) in [5.41, 5.74) is 0. The molecule has 0 bridgehead atoms. The maximum atomic E-state index is 12.3. The van der Waals surface area contributed by atoms with Crippen molar-refractivity contribution >= 4 is 23.8 Å². The first-order valence-corrected chi connectivity index (χ1v) is 7.31. The van der Waals surface area contributed by atoms with Crippen LogP contribution in [0.3, 0.4) is 0 Å². The number of aliphatic carboxylic acids is 1. The molecule has 0 aromatic heterocycles. The van der Waals surface area contributed by atoms with Crippen molar-refractivity contribution < 1.29 is 14.7 Å². The van der Waals surface area contributed by atoms with E-state index in [0.717, 1.165) is 25.9 Å². The third-order valence-corrected chi connectivity index (χ3v) is 4.58. The van der Waals surface area contributed by atoms with E-state index >= 15 is 0 Å². The van der Waals surface area contributed by atoms with E-state index in [-0.39, 0.29) is 12.1 Å². The lowest BCUT2D eigenvalue weighted by atomic mass is 10.1. The standard InChI is InChI=1S/C11H19N3O3S/c1-13(8-2-4-12-5-3-8)11(17)14-7-18-6-9(14)10(15)16/h8-9,12H,2-7H2,1H3,(H,15,16). The topological polar surface area (TPSA) is 72.9 Å². The third-order valence-electron chi connectivity index (χ3n) is 3.57. The second-order valence-corrected chi connectivity index (χ2v) is 5.70. The van der Waals surface area contributed by atoms with E-state index in [1.807, 2.05) is 0 Å². The smallest absolute Gasteiger partial charge is 0.327 e. The lowest BCUT2D eigenvalue weighted by molar-refractivity contribution is -0.141. The van der Waals surface area contributed by atoms with E-state index in [1.54, 1.807) is 11.9 Å². The van der Waals surface area contributed by atoms with E-state index < -0.39 is 12.0 Å². The molecular formula is C11H19N3O3S. The number of carboxylic acids is 1. The molecule has 2 aliphatic heterocycles. The second-order valence-electron chi connectivity index (χ2n) is 4.70. The zero-order valence-electron chi connectivity index (χ0n) is 10.5. The largest absolute Gasteiger partial charge is 0.480 e. The highest BCUT2D eigenvalue weighted by atomic mass is 32.2.